The molecular weight excluding hydrogens is 400 g/mol. The minimum absolute atomic E-state index is 0.129. The zero-order valence-corrected chi connectivity index (χ0v) is 17.3. The van der Waals surface area contributed by atoms with Crippen molar-refractivity contribution < 1.29 is 18.3 Å². The molecule has 2 N–H and O–H groups in total. The largest absolute Gasteiger partial charge is 0.395 e. The van der Waals surface area contributed by atoms with Crippen LogP contribution >= 0.6 is 0 Å². The minimum atomic E-state index is -3.69. The molecule has 0 aliphatic rings. The molecule has 0 fully saturated rings. The highest BCUT2D eigenvalue weighted by Gasteiger charge is 2.17. The van der Waals surface area contributed by atoms with Crippen molar-refractivity contribution in [1.82, 2.24) is 4.90 Å². The lowest BCUT2D eigenvalue weighted by Crippen LogP contribution is -2.35. The molecule has 156 valence electrons. The van der Waals surface area contributed by atoms with Crippen LogP contribution in [0, 0.1) is 0 Å². The van der Waals surface area contributed by atoms with E-state index in [-0.39, 0.29) is 24.0 Å². The third kappa shape index (κ3) is 5.68. The van der Waals surface area contributed by atoms with Gasteiger partial charge in [-0.3, -0.25) is 9.52 Å². The number of carbonyl (C=O) groups excluding carboxylic acids is 1. The van der Waals surface area contributed by atoms with Crippen LogP contribution in [0.1, 0.15) is 15.9 Å². The summed E-state index contributed by atoms with van der Waals surface area (Å²) in [7, 11) is -3.69. The standard InChI is InChI=1S/C23H24N2O4S/c26-18-17-25(16-15-19-7-3-1-4-8-19)23(27)20-11-13-21(14-12-20)24-30(28,29)22-9-5-2-6-10-22/h1-14,24,26H,15-18H2. The fourth-order valence-electron chi connectivity index (χ4n) is 3.02. The van der Waals surface area contributed by atoms with Gasteiger partial charge in [0.25, 0.3) is 15.9 Å². The normalized spacial score (nSPS) is 11.1. The van der Waals surface area contributed by atoms with Crippen molar-refractivity contribution in [2.75, 3.05) is 24.4 Å². The summed E-state index contributed by atoms with van der Waals surface area (Å²) >= 11 is 0. The molecule has 1 amide bonds. The Bertz CT molecular complexity index is 1050. The second kappa shape index (κ2) is 10.0. The van der Waals surface area contributed by atoms with E-state index in [2.05, 4.69) is 4.72 Å². The SMILES string of the molecule is O=C(c1ccc(NS(=O)(=O)c2ccccc2)cc1)N(CCO)CCc1ccccc1. The van der Waals surface area contributed by atoms with E-state index < -0.39 is 10.0 Å². The van der Waals surface area contributed by atoms with Crippen molar-refractivity contribution in [2.24, 2.45) is 0 Å². The smallest absolute Gasteiger partial charge is 0.261 e. The molecule has 0 unspecified atom stereocenters. The molecule has 6 nitrogen and oxygen atoms in total. The maximum absolute atomic E-state index is 12.9. The summed E-state index contributed by atoms with van der Waals surface area (Å²) < 4.78 is 27.3. The number of hydrogen-bond acceptors (Lipinski definition) is 4. The Balaban J connectivity index is 1.68. The molecular formula is C23H24N2O4S. The molecule has 3 aromatic rings. The van der Waals surface area contributed by atoms with Crippen LogP contribution in [0.4, 0.5) is 5.69 Å². The van der Waals surface area contributed by atoms with Gasteiger partial charge < -0.3 is 10.0 Å². The zero-order chi connectivity index (χ0) is 21.4. The maximum atomic E-state index is 12.9. The van der Waals surface area contributed by atoms with Crippen LogP contribution in [0.5, 0.6) is 0 Å². The molecule has 30 heavy (non-hydrogen) atoms. The van der Waals surface area contributed by atoms with Crippen molar-refractivity contribution in [3.63, 3.8) is 0 Å². The third-order valence-electron chi connectivity index (χ3n) is 4.61. The highest BCUT2D eigenvalue weighted by Crippen LogP contribution is 2.17. The fraction of sp³-hybridized carbons (Fsp3) is 0.174. The van der Waals surface area contributed by atoms with E-state index in [9.17, 15) is 18.3 Å². The highest BCUT2D eigenvalue weighted by molar-refractivity contribution is 7.92. The van der Waals surface area contributed by atoms with E-state index in [0.717, 1.165) is 5.56 Å². The van der Waals surface area contributed by atoms with Crippen LogP contribution in [0.3, 0.4) is 0 Å². The van der Waals surface area contributed by atoms with Crippen LogP contribution in [0.25, 0.3) is 0 Å². The number of amides is 1. The molecule has 3 aromatic carbocycles. The highest BCUT2D eigenvalue weighted by atomic mass is 32.2. The molecule has 0 atom stereocenters. The van der Waals surface area contributed by atoms with E-state index in [1.54, 1.807) is 47.4 Å². The van der Waals surface area contributed by atoms with Crippen molar-refractivity contribution >= 4 is 21.6 Å². The lowest BCUT2D eigenvalue weighted by atomic mass is 10.1. The van der Waals surface area contributed by atoms with Crippen molar-refractivity contribution in [1.29, 1.82) is 0 Å². The number of nitrogens with zero attached hydrogens (tertiary/aromatic N) is 1. The summed E-state index contributed by atoms with van der Waals surface area (Å²) in [6, 6.07) is 24.2. The number of sulfonamides is 1. The number of aliphatic hydroxyl groups is 1. The quantitative estimate of drug-likeness (QED) is 0.552. The van der Waals surface area contributed by atoms with Gasteiger partial charge in [-0.05, 0) is 48.4 Å². The first-order valence-electron chi connectivity index (χ1n) is 9.61. The predicted octanol–water partition coefficient (Wildman–Crippen LogP) is 3.16. The van der Waals surface area contributed by atoms with Crippen LogP contribution in [-0.2, 0) is 16.4 Å². The molecule has 0 radical (unpaired) electrons. The maximum Gasteiger partial charge on any atom is 0.261 e. The van der Waals surface area contributed by atoms with E-state index in [4.69, 9.17) is 0 Å². The second-order valence-corrected chi connectivity index (χ2v) is 8.43. The van der Waals surface area contributed by atoms with Gasteiger partial charge >= 0.3 is 0 Å². The topological polar surface area (TPSA) is 86.7 Å². The average molecular weight is 425 g/mol. The lowest BCUT2D eigenvalue weighted by Gasteiger charge is -2.22. The van der Waals surface area contributed by atoms with Crippen LogP contribution in [0.15, 0.2) is 89.8 Å². The zero-order valence-electron chi connectivity index (χ0n) is 16.4. The molecule has 7 heteroatoms. The molecule has 3 rings (SSSR count). The van der Waals surface area contributed by atoms with Gasteiger partial charge in [-0.2, -0.15) is 0 Å². The van der Waals surface area contributed by atoms with Crippen molar-refractivity contribution in [3.05, 3.63) is 96.1 Å². The van der Waals surface area contributed by atoms with Crippen LogP contribution in [0.2, 0.25) is 0 Å². The van der Waals surface area contributed by atoms with Gasteiger partial charge in [-0.1, -0.05) is 48.5 Å². The Morgan fingerprint density at radius 1 is 0.833 bits per heavy atom. The van der Waals surface area contributed by atoms with Gasteiger partial charge in [0, 0.05) is 24.3 Å². The number of hydrogen-bond donors (Lipinski definition) is 2. The van der Waals surface area contributed by atoms with E-state index >= 15 is 0 Å². The predicted molar refractivity (Wildman–Crippen MR) is 117 cm³/mol. The van der Waals surface area contributed by atoms with E-state index in [0.29, 0.717) is 24.2 Å². The third-order valence-corrected chi connectivity index (χ3v) is 6.01. The summed E-state index contributed by atoms with van der Waals surface area (Å²) in [6.07, 6.45) is 0.682. The molecule has 0 aromatic heterocycles. The number of rotatable bonds is 9. The second-order valence-electron chi connectivity index (χ2n) is 6.75. The Hall–Kier alpha value is -3.16. The first kappa shape index (κ1) is 21.5. The first-order chi connectivity index (χ1) is 14.5. The minimum Gasteiger partial charge on any atom is -0.395 e. The molecule has 0 saturated heterocycles. The molecule has 0 aliphatic heterocycles. The first-order valence-corrected chi connectivity index (χ1v) is 11.1. The Labute approximate surface area is 176 Å². The lowest BCUT2D eigenvalue weighted by molar-refractivity contribution is 0.0724. The van der Waals surface area contributed by atoms with E-state index in [1.807, 2.05) is 30.3 Å². The number of anilines is 1. The summed E-state index contributed by atoms with van der Waals surface area (Å²) in [6.45, 7) is 0.579. The molecule has 0 saturated carbocycles. The Morgan fingerprint density at radius 3 is 2.03 bits per heavy atom. The Morgan fingerprint density at radius 2 is 1.43 bits per heavy atom. The van der Waals surface area contributed by atoms with Gasteiger partial charge in [-0.15, -0.1) is 0 Å². The van der Waals surface area contributed by atoms with Crippen molar-refractivity contribution in [2.45, 2.75) is 11.3 Å². The van der Waals surface area contributed by atoms with Gasteiger partial charge in [0.05, 0.1) is 11.5 Å². The van der Waals surface area contributed by atoms with Gasteiger partial charge in [0.15, 0.2) is 0 Å². The number of aliphatic hydroxyl groups excluding tert-OH is 1. The average Bonchev–Trinajstić information content (AvgIpc) is 2.78. The van der Waals surface area contributed by atoms with Gasteiger partial charge in [0.2, 0.25) is 0 Å². The fourth-order valence-corrected chi connectivity index (χ4v) is 4.10. The Kier molecular flexibility index (Phi) is 7.21. The molecule has 0 aliphatic carbocycles. The summed E-state index contributed by atoms with van der Waals surface area (Å²) in [4.78, 5) is 14.6. The molecule has 0 bridgehead atoms. The molecule has 0 spiro atoms. The number of benzene rings is 3. The summed E-state index contributed by atoms with van der Waals surface area (Å²) in [5, 5.41) is 9.34. The van der Waals surface area contributed by atoms with Crippen molar-refractivity contribution in [3.8, 4) is 0 Å². The van der Waals surface area contributed by atoms with Crippen LogP contribution < -0.4 is 4.72 Å². The summed E-state index contributed by atoms with van der Waals surface area (Å²) in [5.41, 5.74) is 1.91. The van der Waals surface area contributed by atoms with Gasteiger partial charge in [0.1, 0.15) is 0 Å². The van der Waals surface area contributed by atoms with Crippen LogP contribution in [-0.4, -0.2) is 44.0 Å². The van der Waals surface area contributed by atoms with Gasteiger partial charge in [-0.25, -0.2) is 8.42 Å². The number of carbonyl (C=O) groups is 1. The molecule has 0 heterocycles. The summed E-state index contributed by atoms with van der Waals surface area (Å²) in [5.74, 6) is -0.211. The van der Waals surface area contributed by atoms with E-state index in [1.165, 1.54) is 12.1 Å². The monoisotopic (exact) mass is 424 g/mol. The number of nitrogens with one attached hydrogen (secondary N) is 1.